The minimum absolute atomic E-state index is 0.650. The monoisotopic (exact) mass is 149 g/mol. The Morgan fingerprint density at radius 3 is 3.00 bits per heavy atom. The van der Waals surface area contributed by atoms with Gasteiger partial charge in [-0.15, -0.1) is 0 Å². The van der Waals surface area contributed by atoms with Gasteiger partial charge in [-0.3, -0.25) is 4.99 Å². The van der Waals surface area contributed by atoms with Crippen LogP contribution in [0.4, 0.5) is 0 Å². The smallest absolute Gasteiger partial charge is 0.119 e. The van der Waals surface area contributed by atoms with Crippen LogP contribution in [-0.2, 0) is 6.54 Å². The summed E-state index contributed by atoms with van der Waals surface area (Å²) in [5.41, 5.74) is 1.12. The summed E-state index contributed by atoms with van der Waals surface area (Å²) in [5, 5.41) is 0. The van der Waals surface area contributed by atoms with Crippen molar-refractivity contribution in [2.75, 3.05) is 7.11 Å². The van der Waals surface area contributed by atoms with E-state index in [0.717, 1.165) is 11.3 Å². The van der Waals surface area contributed by atoms with Crippen molar-refractivity contribution in [1.82, 2.24) is 0 Å². The maximum atomic E-state index is 5.04. The molecule has 0 amide bonds. The molecule has 1 aromatic carbocycles. The van der Waals surface area contributed by atoms with Crippen LogP contribution in [0.2, 0.25) is 0 Å². The van der Waals surface area contributed by atoms with E-state index in [2.05, 4.69) is 11.7 Å². The van der Waals surface area contributed by atoms with Gasteiger partial charge in [0.15, 0.2) is 0 Å². The lowest BCUT2D eigenvalue weighted by Crippen LogP contribution is -1.85. The van der Waals surface area contributed by atoms with E-state index >= 15 is 0 Å². The van der Waals surface area contributed by atoms with Gasteiger partial charge in [0.2, 0.25) is 0 Å². The molecule has 0 saturated heterocycles. The Hall–Kier alpha value is -1.31. The highest BCUT2D eigenvalue weighted by molar-refractivity contribution is 5.30. The molecule has 0 atom stereocenters. The summed E-state index contributed by atoms with van der Waals surface area (Å²) in [5.74, 6) is 0.867. The average Bonchev–Trinajstić information content (AvgIpc) is 2.06. The maximum Gasteiger partial charge on any atom is 0.119 e. The molecular weight excluding hydrogens is 138 g/mol. The number of benzene rings is 1. The third kappa shape index (κ3) is 2.08. The van der Waals surface area contributed by atoms with E-state index in [9.17, 15) is 0 Å². The van der Waals surface area contributed by atoms with Gasteiger partial charge in [-0.25, -0.2) is 0 Å². The third-order valence-corrected chi connectivity index (χ3v) is 1.43. The predicted molar refractivity (Wildman–Crippen MR) is 46.2 cm³/mol. The minimum Gasteiger partial charge on any atom is -0.497 e. The molecule has 0 saturated carbocycles. The first kappa shape index (κ1) is 7.79. The largest absolute Gasteiger partial charge is 0.497 e. The Bertz CT molecular complexity index is 245. The van der Waals surface area contributed by atoms with E-state index in [1.165, 1.54) is 0 Å². The fourth-order valence-corrected chi connectivity index (χ4v) is 0.900. The SMILES string of the molecule is C=NCc1cccc(OC)c1. The van der Waals surface area contributed by atoms with Gasteiger partial charge >= 0.3 is 0 Å². The third-order valence-electron chi connectivity index (χ3n) is 1.43. The number of aliphatic imine (C=N–C) groups is 1. The van der Waals surface area contributed by atoms with Gasteiger partial charge in [-0.05, 0) is 24.4 Å². The molecule has 58 valence electrons. The number of ether oxygens (including phenoxy) is 1. The van der Waals surface area contributed by atoms with Gasteiger partial charge in [0.25, 0.3) is 0 Å². The second-order valence-electron chi connectivity index (χ2n) is 2.23. The van der Waals surface area contributed by atoms with E-state index < -0.39 is 0 Å². The summed E-state index contributed by atoms with van der Waals surface area (Å²) in [6.45, 7) is 4.07. The van der Waals surface area contributed by atoms with Crippen molar-refractivity contribution in [3.63, 3.8) is 0 Å². The standard InChI is InChI=1S/C9H11NO/c1-10-7-8-4-3-5-9(6-8)11-2/h3-6H,1,7H2,2H3. The Morgan fingerprint density at radius 2 is 2.36 bits per heavy atom. The molecule has 11 heavy (non-hydrogen) atoms. The molecule has 2 nitrogen and oxygen atoms in total. The maximum absolute atomic E-state index is 5.04. The molecule has 0 heterocycles. The molecular formula is C9H11NO. The van der Waals surface area contributed by atoms with E-state index in [0.29, 0.717) is 6.54 Å². The van der Waals surface area contributed by atoms with Crippen molar-refractivity contribution in [1.29, 1.82) is 0 Å². The lowest BCUT2D eigenvalue weighted by atomic mass is 10.2. The zero-order valence-electron chi connectivity index (χ0n) is 6.58. The van der Waals surface area contributed by atoms with Crippen molar-refractivity contribution in [2.24, 2.45) is 4.99 Å². The fourth-order valence-electron chi connectivity index (χ4n) is 0.900. The van der Waals surface area contributed by atoms with Crippen LogP contribution < -0.4 is 4.74 Å². The lowest BCUT2D eigenvalue weighted by Gasteiger charge is -2.00. The second kappa shape index (κ2) is 3.76. The number of methoxy groups -OCH3 is 1. The van der Waals surface area contributed by atoms with Gasteiger partial charge in [-0.2, -0.15) is 0 Å². The van der Waals surface area contributed by atoms with E-state index in [1.54, 1.807) is 7.11 Å². The van der Waals surface area contributed by atoms with E-state index in [-0.39, 0.29) is 0 Å². The Labute approximate surface area is 66.5 Å². The zero-order valence-corrected chi connectivity index (χ0v) is 6.58. The van der Waals surface area contributed by atoms with Gasteiger partial charge in [-0.1, -0.05) is 12.1 Å². The highest BCUT2D eigenvalue weighted by atomic mass is 16.5. The Kier molecular flexibility index (Phi) is 2.66. The van der Waals surface area contributed by atoms with Gasteiger partial charge < -0.3 is 4.74 Å². The molecule has 0 unspecified atom stereocenters. The topological polar surface area (TPSA) is 21.6 Å². The van der Waals surface area contributed by atoms with Gasteiger partial charge in [0.05, 0.1) is 13.7 Å². The Balaban J connectivity index is 2.82. The summed E-state index contributed by atoms with van der Waals surface area (Å²) in [7, 11) is 1.65. The highest BCUT2D eigenvalue weighted by Crippen LogP contribution is 2.12. The molecule has 0 aliphatic heterocycles. The molecule has 1 aromatic rings. The summed E-state index contributed by atoms with van der Waals surface area (Å²) < 4.78 is 5.04. The quantitative estimate of drug-likeness (QED) is 0.601. The van der Waals surface area contributed by atoms with Crippen LogP contribution in [-0.4, -0.2) is 13.8 Å². The average molecular weight is 149 g/mol. The van der Waals surface area contributed by atoms with Crippen LogP contribution in [0.25, 0.3) is 0 Å². The molecule has 0 aliphatic rings. The summed E-state index contributed by atoms with van der Waals surface area (Å²) in [4.78, 5) is 3.78. The second-order valence-corrected chi connectivity index (χ2v) is 2.23. The van der Waals surface area contributed by atoms with Crippen LogP contribution in [0.3, 0.4) is 0 Å². The number of hydrogen-bond donors (Lipinski definition) is 0. The Morgan fingerprint density at radius 1 is 1.55 bits per heavy atom. The minimum atomic E-state index is 0.650. The van der Waals surface area contributed by atoms with Crippen molar-refractivity contribution in [3.8, 4) is 5.75 Å². The highest BCUT2D eigenvalue weighted by Gasteiger charge is 1.92. The number of hydrogen-bond acceptors (Lipinski definition) is 2. The lowest BCUT2D eigenvalue weighted by molar-refractivity contribution is 0.414. The van der Waals surface area contributed by atoms with Crippen LogP contribution in [0, 0.1) is 0 Å². The first-order valence-corrected chi connectivity index (χ1v) is 3.42. The zero-order chi connectivity index (χ0) is 8.10. The van der Waals surface area contributed by atoms with Crippen LogP contribution in [0.5, 0.6) is 5.75 Å². The van der Waals surface area contributed by atoms with Crippen molar-refractivity contribution in [2.45, 2.75) is 6.54 Å². The van der Waals surface area contributed by atoms with Crippen LogP contribution >= 0.6 is 0 Å². The predicted octanol–water partition coefficient (Wildman–Crippen LogP) is 1.90. The van der Waals surface area contributed by atoms with E-state index in [1.807, 2.05) is 24.3 Å². The van der Waals surface area contributed by atoms with Crippen LogP contribution in [0.1, 0.15) is 5.56 Å². The first-order valence-electron chi connectivity index (χ1n) is 3.42. The van der Waals surface area contributed by atoms with E-state index in [4.69, 9.17) is 4.74 Å². The molecule has 0 fully saturated rings. The summed E-state index contributed by atoms with van der Waals surface area (Å²) in [6.07, 6.45) is 0. The number of nitrogens with zero attached hydrogens (tertiary/aromatic N) is 1. The molecule has 0 bridgehead atoms. The summed E-state index contributed by atoms with van der Waals surface area (Å²) in [6, 6.07) is 7.80. The van der Waals surface area contributed by atoms with Gasteiger partial charge in [0, 0.05) is 0 Å². The van der Waals surface area contributed by atoms with Crippen molar-refractivity contribution < 1.29 is 4.74 Å². The molecule has 0 spiro atoms. The normalized spacial score (nSPS) is 9.18. The van der Waals surface area contributed by atoms with Crippen molar-refractivity contribution in [3.05, 3.63) is 29.8 Å². The van der Waals surface area contributed by atoms with Gasteiger partial charge in [0.1, 0.15) is 5.75 Å². The number of rotatable bonds is 3. The first-order chi connectivity index (χ1) is 5.36. The van der Waals surface area contributed by atoms with Crippen molar-refractivity contribution >= 4 is 6.72 Å². The molecule has 0 radical (unpaired) electrons. The molecule has 0 N–H and O–H groups in total. The molecule has 0 aliphatic carbocycles. The van der Waals surface area contributed by atoms with Crippen LogP contribution in [0.15, 0.2) is 29.3 Å². The molecule has 0 aromatic heterocycles. The molecule has 1 rings (SSSR count). The fraction of sp³-hybridized carbons (Fsp3) is 0.222. The molecule has 2 heteroatoms. The summed E-state index contributed by atoms with van der Waals surface area (Å²) >= 11 is 0.